The van der Waals surface area contributed by atoms with Gasteiger partial charge in [-0.2, -0.15) is 4.99 Å². The van der Waals surface area contributed by atoms with Crippen molar-refractivity contribution in [2.24, 2.45) is 21.5 Å². The standard InChI is InChI=1S/C26H29N5O/c1-2-3-16-32-23-14-12-21(13-15-23)24-29-25(27)30-26(28)31(24)22-11-7-10-20(18-22)17-19-8-5-4-6-9-19/h4-15,18,24H,2-3,16-17H2,1H3,(H4,27,28,29,30). The molecule has 3 aromatic carbocycles. The van der Waals surface area contributed by atoms with Crippen LogP contribution in [0.3, 0.4) is 0 Å². The summed E-state index contributed by atoms with van der Waals surface area (Å²) in [6.45, 7) is 2.86. The summed E-state index contributed by atoms with van der Waals surface area (Å²) in [6, 6.07) is 26.6. The molecule has 6 nitrogen and oxygen atoms in total. The van der Waals surface area contributed by atoms with Gasteiger partial charge in [0.15, 0.2) is 6.17 Å². The molecule has 1 aliphatic heterocycles. The van der Waals surface area contributed by atoms with Gasteiger partial charge in [0.25, 0.3) is 0 Å². The Labute approximate surface area is 189 Å². The lowest BCUT2D eigenvalue weighted by molar-refractivity contribution is 0.309. The highest BCUT2D eigenvalue weighted by molar-refractivity contribution is 6.04. The highest BCUT2D eigenvalue weighted by Crippen LogP contribution is 2.32. The first kappa shape index (κ1) is 21.4. The average Bonchev–Trinajstić information content (AvgIpc) is 2.80. The van der Waals surface area contributed by atoms with Gasteiger partial charge in [-0.25, -0.2) is 4.99 Å². The number of nitrogens with zero attached hydrogens (tertiary/aromatic N) is 3. The normalized spacial score (nSPS) is 15.8. The molecule has 0 saturated heterocycles. The molecule has 32 heavy (non-hydrogen) atoms. The molecule has 1 heterocycles. The Hall–Kier alpha value is -3.80. The van der Waals surface area contributed by atoms with Crippen molar-refractivity contribution in [1.82, 2.24) is 0 Å². The van der Waals surface area contributed by atoms with Gasteiger partial charge in [-0.3, -0.25) is 4.90 Å². The number of nitrogens with two attached hydrogens (primary N) is 2. The molecule has 0 amide bonds. The second-order valence-electron chi connectivity index (χ2n) is 7.80. The number of benzene rings is 3. The number of aliphatic imine (C=N–C) groups is 2. The first-order chi connectivity index (χ1) is 15.6. The second-order valence-corrected chi connectivity index (χ2v) is 7.80. The van der Waals surface area contributed by atoms with Crippen LogP contribution in [0.15, 0.2) is 88.8 Å². The quantitative estimate of drug-likeness (QED) is 0.514. The number of rotatable bonds is 8. The number of guanidine groups is 2. The molecule has 1 unspecified atom stereocenters. The number of hydrogen-bond donors (Lipinski definition) is 2. The highest BCUT2D eigenvalue weighted by Gasteiger charge is 2.27. The number of unbranched alkanes of at least 4 members (excludes halogenated alkanes) is 1. The van der Waals surface area contributed by atoms with Crippen molar-refractivity contribution < 1.29 is 4.74 Å². The fourth-order valence-electron chi connectivity index (χ4n) is 3.72. The van der Waals surface area contributed by atoms with Crippen LogP contribution in [0.1, 0.15) is 42.6 Å². The van der Waals surface area contributed by atoms with Crippen LogP contribution < -0.4 is 21.1 Å². The van der Waals surface area contributed by atoms with E-state index in [4.69, 9.17) is 16.2 Å². The SMILES string of the molecule is CCCCOc1ccc(C2N=C(N)N=C(N)N2c2cccc(Cc3ccccc3)c2)cc1. The molecule has 1 aliphatic rings. The number of ether oxygens (including phenoxy) is 1. The Morgan fingerprint density at radius 2 is 1.66 bits per heavy atom. The predicted molar refractivity (Wildman–Crippen MR) is 131 cm³/mol. The number of hydrogen-bond acceptors (Lipinski definition) is 6. The van der Waals surface area contributed by atoms with Crippen LogP contribution in [0.2, 0.25) is 0 Å². The molecule has 1 atom stereocenters. The number of anilines is 1. The summed E-state index contributed by atoms with van der Waals surface area (Å²) in [7, 11) is 0. The van der Waals surface area contributed by atoms with Crippen molar-refractivity contribution in [3.8, 4) is 5.75 Å². The maximum absolute atomic E-state index is 6.33. The first-order valence-electron chi connectivity index (χ1n) is 11.0. The maximum atomic E-state index is 6.33. The van der Waals surface area contributed by atoms with E-state index in [1.54, 1.807) is 0 Å². The van der Waals surface area contributed by atoms with Crippen molar-refractivity contribution >= 4 is 17.6 Å². The molecule has 4 N–H and O–H groups in total. The summed E-state index contributed by atoms with van der Waals surface area (Å²) in [4.78, 5) is 10.7. The molecule has 0 fully saturated rings. The van der Waals surface area contributed by atoms with Gasteiger partial charge in [0, 0.05) is 5.69 Å². The van der Waals surface area contributed by atoms with E-state index >= 15 is 0 Å². The molecule has 0 aromatic heterocycles. The minimum Gasteiger partial charge on any atom is -0.494 e. The van der Waals surface area contributed by atoms with E-state index in [1.807, 2.05) is 47.4 Å². The molecule has 164 valence electrons. The molecule has 0 radical (unpaired) electrons. The van der Waals surface area contributed by atoms with Crippen LogP contribution in [0.4, 0.5) is 5.69 Å². The lowest BCUT2D eigenvalue weighted by Gasteiger charge is -2.33. The third kappa shape index (κ3) is 5.09. The van der Waals surface area contributed by atoms with E-state index in [9.17, 15) is 0 Å². The summed E-state index contributed by atoms with van der Waals surface area (Å²) < 4.78 is 5.79. The molecule has 0 spiro atoms. The smallest absolute Gasteiger partial charge is 0.221 e. The Morgan fingerprint density at radius 3 is 2.41 bits per heavy atom. The third-order valence-corrected chi connectivity index (χ3v) is 5.36. The van der Waals surface area contributed by atoms with E-state index in [1.165, 1.54) is 11.1 Å². The van der Waals surface area contributed by atoms with Gasteiger partial charge in [0.1, 0.15) is 5.75 Å². The van der Waals surface area contributed by atoms with Gasteiger partial charge < -0.3 is 16.2 Å². The maximum Gasteiger partial charge on any atom is 0.221 e. The zero-order valence-electron chi connectivity index (χ0n) is 18.3. The predicted octanol–water partition coefficient (Wildman–Crippen LogP) is 4.60. The van der Waals surface area contributed by atoms with Gasteiger partial charge in [0.05, 0.1) is 6.61 Å². The highest BCUT2D eigenvalue weighted by atomic mass is 16.5. The minimum absolute atomic E-state index is 0.174. The van der Waals surface area contributed by atoms with Crippen molar-refractivity contribution in [2.75, 3.05) is 11.5 Å². The molecular weight excluding hydrogens is 398 g/mol. The zero-order valence-corrected chi connectivity index (χ0v) is 18.3. The van der Waals surface area contributed by atoms with Crippen LogP contribution >= 0.6 is 0 Å². The van der Waals surface area contributed by atoms with Crippen molar-refractivity contribution in [1.29, 1.82) is 0 Å². The Balaban J connectivity index is 1.60. The lowest BCUT2D eigenvalue weighted by Crippen LogP contribution is -2.44. The average molecular weight is 428 g/mol. The fourth-order valence-corrected chi connectivity index (χ4v) is 3.72. The second kappa shape index (κ2) is 10.0. The summed E-state index contributed by atoms with van der Waals surface area (Å²) in [6.07, 6.45) is 2.57. The van der Waals surface area contributed by atoms with Crippen molar-refractivity contribution in [3.63, 3.8) is 0 Å². The van der Waals surface area contributed by atoms with Crippen molar-refractivity contribution in [2.45, 2.75) is 32.4 Å². The van der Waals surface area contributed by atoms with Gasteiger partial charge in [-0.15, -0.1) is 0 Å². The van der Waals surface area contributed by atoms with E-state index in [0.29, 0.717) is 12.6 Å². The van der Waals surface area contributed by atoms with Gasteiger partial charge >= 0.3 is 0 Å². The Bertz CT molecular complexity index is 1090. The van der Waals surface area contributed by atoms with Crippen LogP contribution in [-0.2, 0) is 6.42 Å². The summed E-state index contributed by atoms with van der Waals surface area (Å²) in [5, 5.41) is 0. The summed E-state index contributed by atoms with van der Waals surface area (Å²) >= 11 is 0. The lowest BCUT2D eigenvalue weighted by atomic mass is 10.0. The van der Waals surface area contributed by atoms with Crippen LogP contribution in [-0.4, -0.2) is 18.5 Å². The first-order valence-corrected chi connectivity index (χ1v) is 11.0. The molecule has 3 aromatic rings. The molecular formula is C26H29N5O. The minimum atomic E-state index is -0.399. The largest absolute Gasteiger partial charge is 0.494 e. The van der Waals surface area contributed by atoms with Crippen LogP contribution in [0.5, 0.6) is 5.75 Å². The van der Waals surface area contributed by atoms with E-state index in [0.717, 1.165) is 36.3 Å². The van der Waals surface area contributed by atoms with E-state index in [2.05, 4.69) is 53.3 Å². The van der Waals surface area contributed by atoms with Gasteiger partial charge in [-0.1, -0.05) is 67.9 Å². The van der Waals surface area contributed by atoms with E-state index in [-0.39, 0.29) is 5.96 Å². The molecule has 0 bridgehead atoms. The molecule has 0 saturated carbocycles. The molecule has 0 aliphatic carbocycles. The third-order valence-electron chi connectivity index (χ3n) is 5.36. The summed E-state index contributed by atoms with van der Waals surface area (Å²) in [5.41, 5.74) is 16.6. The molecule has 6 heteroatoms. The van der Waals surface area contributed by atoms with Crippen LogP contribution in [0.25, 0.3) is 0 Å². The Morgan fingerprint density at radius 1 is 0.906 bits per heavy atom. The van der Waals surface area contributed by atoms with Gasteiger partial charge in [0.2, 0.25) is 11.9 Å². The topological polar surface area (TPSA) is 89.2 Å². The summed E-state index contributed by atoms with van der Waals surface area (Å²) in [5.74, 6) is 1.34. The monoisotopic (exact) mass is 427 g/mol. The van der Waals surface area contributed by atoms with Crippen molar-refractivity contribution in [3.05, 3.63) is 95.6 Å². The molecule has 4 rings (SSSR count). The van der Waals surface area contributed by atoms with Gasteiger partial charge in [-0.05, 0) is 53.8 Å². The van der Waals surface area contributed by atoms with E-state index < -0.39 is 6.17 Å². The zero-order chi connectivity index (χ0) is 22.3. The van der Waals surface area contributed by atoms with Crippen LogP contribution in [0, 0.1) is 0 Å². The fraction of sp³-hybridized carbons (Fsp3) is 0.231. The Kier molecular flexibility index (Phi) is 6.70.